The van der Waals surface area contributed by atoms with E-state index in [2.05, 4.69) is 15.1 Å². The van der Waals surface area contributed by atoms with Crippen molar-refractivity contribution in [3.63, 3.8) is 0 Å². The van der Waals surface area contributed by atoms with Gasteiger partial charge in [-0.15, -0.1) is 0 Å². The molecule has 1 N–H and O–H groups in total. The van der Waals surface area contributed by atoms with E-state index in [9.17, 15) is 4.79 Å². The highest BCUT2D eigenvalue weighted by Crippen LogP contribution is 2.33. The third-order valence-corrected chi connectivity index (χ3v) is 7.24. The number of aromatic nitrogens is 1. The highest BCUT2D eigenvalue weighted by molar-refractivity contribution is 7.22. The largest absolute Gasteiger partial charge is 0.497 e. The standard InChI is InChI=1S/C23H27ClN4O3S/c1-15-18(24)6-7-20-21(15)26-23(32-20)28-12-10-27(11-13-28)9-8-25-22(29)17-5-4-16(30-2)14-19(17)31-3/h4-7,14H,8-13H2,1-3H3,(H,25,29). The summed E-state index contributed by atoms with van der Waals surface area (Å²) in [4.78, 5) is 22.1. The second kappa shape index (κ2) is 9.94. The number of ether oxygens (including phenoxy) is 2. The van der Waals surface area contributed by atoms with Crippen molar-refractivity contribution in [3.8, 4) is 11.5 Å². The first-order valence-electron chi connectivity index (χ1n) is 10.5. The minimum Gasteiger partial charge on any atom is -0.497 e. The summed E-state index contributed by atoms with van der Waals surface area (Å²) in [5.74, 6) is 1.01. The van der Waals surface area contributed by atoms with Crippen LogP contribution in [0.4, 0.5) is 5.13 Å². The van der Waals surface area contributed by atoms with Crippen LogP contribution < -0.4 is 19.7 Å². The Bertz CT molecular complexity index is 1110. The molecular weight excluding hydrogens is 448 g/mol. The molecule has 1 saturated heterocycles. The van der Waals surface area contributed by atoms with Crippen molar-refractivity contribution >= 4 is 44.2 Å². The number of carbonyl (C=O) groups excluding carboxylic acids is 1. The Morgan fingerprint density at radius 2 is 1.94 bits per heavy atom. The van der Waals surface area contributed by atoms with Gasteiger partial charge in [-0.05, 0) is 36.8 Å². The number of fused-ring (bicyclic) bond motifs is 1. The van der Waals surface area contributed by atoms with E-state index in [0.29, 0.717) is 23.6 Å². The number of nitrogens with one attached hydrogen (secondary N) is 1. The lowest BCUT2D eigenvalue weighted by Gasteiger charge is -2.34. The maximum atomic E-state index is 12.6. The molecular formula is C23H27ClN4O3S. The maximum absolute atomic E-state index is 12.6. The van der Waals surface area contributed by atoms with Crippen molar-refractivity contribution < 1.29 is 14.3 Å². The fourth-order valence-corrected chi connectivity index (χ4v) is 5.03. The molecule has 3 aromatic rings. The van der Waals surface area contributed by atoms with Crippen LogP contribution in [0.2, 0.25) is 5.02 Å². The van der Waals surface area contributed by atoms with E-state index < -0.39 is 0 Å². The quantitative estimate of drug-likeness (QED) is 0.561. The summed E-state index contributed by atoms with van der Waals surface area (Å²) in [5.41, 5.74) is 2.54. The van der Waals surface area contributed by atoms with Gasteiger partial charge in [0.05, 0.1) is 30.0 Å². The summed E-state index contributed by atoms with van der Waals surface area (Å²) >= 11 is 7.96. The van der Waals surface area contributed by atoms with Gasteiger partial charge in [0, 0.05) is 50.4 Å². The number of hydrogen-bond acceptors (Lipinski definition) is 7. The molecule has 1 aliphatic heterocycles. The van der Waals surface area contributed by atoms with Crippen LogP contribution in [0.15, 0.2) is 30.3 Å². The molecule has 0 atom stereocenters. The van der Waals surface area contributed by atoms with Crippen LogP contribution in [-0.4, -0.2) is 69.3 Å². The number of nitrogens with zero attached hydrogens (tertiary/aromatic N) is 3. The zero-order chi connectivity index (χ0) is 22.7. The lowest BCUT2D eigenvalue weighted by atomic mass is 10.1. The molecule has 1 amide bonds. The number of thiazole rings is 1. The maximum Gasteiger partial charge on any atom is 0.255 e. The van der Waals surface area contributed by atoms with E-state index in [-0.39, 0.29) is 5.91 Å². The number of amides is 1. The van der Waals surface area contributed by atoms with Crippen molar-refractivity contribution in [3.05, 3.63) is 46.5 Å². The summed E-state index contributed by atoms with van der Waals surface area (Å²) in [5, 5.41) is 4.80. The van der Waals surface area contributed by atoms with Gasteiger partial charge >= 0.3 is 0 Å². The minimum atomic E-state index is -0.147. The highest BCUT2D eigenvalue weighted by atomic mass is 35.5. The van der Waals surface area contributed by atoms with Crippen molar-refractivity contribution in [2.24, 2.45) is 0 Å². The molecule has 170 valence electrons. The first-order valence-corrected chi connectivity index (χ1v) is 11.7. The van der Waals surface area contributed by atoms with Crippen LogP contribution in [0.25, 0.3) is 10.2 Å². The van der Waals surface area contributed by atoms with Gasteiger partial charge in [-0.25, -0.2) is 4.98 Å². The number of benzene rings is 2. The van der Waals surface area contributed by atoms with Gasteiger partial charge in [-0.2, -0.15) is 0 Å². The number of piperazine rings is 1. The lowest BCUT2D eigenvalue weighted by Crippen LogP contribution is -2.48. The zero-order valence-electron chi connectivity index (χ0n) is 18.5. The van der Waals surface area contributed by atoms with Gasteiger partial charge in [-0.3, -0.25) is 9.69 Å². The van der Waals surface area contributed by atoms with Gasteiger partial charge < -0.3 is 19.7 Å². The zero-order valence-corrected chi connectivity index (χ0v) is 20.1. The number of carbonyl (C=O) groups is 1. The van der Waals surface area contributed by atoms with Gasteiger partial charge in [0.2, 0.25) is 0 Å². The fraction of sp³-hybridized carbons (Fsp3) is 0.391. The molecule has 0 saturated carbocycles. The Balaban J connectivity index is 1.28. The molecule has 0 bridgehead atoms. The van der Waals surface area contributed by atoms with Gasteiger partial charge in [0.15, 0.2) is 5.13 Å². The molecule has 9 heteroatoms. The summed E-state index contributed by atoms with van der Waals surface area (Å²) in [7, 11) is 3.13. The van der Waals surface area contributed by atoms with Crippen LogP contribution in [0, 0.1) is 6.92 Å². The highest BCUT2D eigenvalue weighted by Gasteiger charge is 2.21. The van der Waals surface area contributed by atoms with Crippen LogP contribution >= 0.6 is 22.9 Å². The Kier molecular flexibility index (Phi) is 7.03. The number of methoxy groups -OCH3 is 2. The molecule has 0 radical (unpaired) electrons. The average Bonchev–Trinajstić information content (AvgIpc) is 3.26. The fourth-order valence-electron chi connectivity index (χ4n) is 3.80. The predicted molar refractivity (Wildman–Crippen MR) is 130 cm³/mol. The monoisotopic (exact) mass is 474 g/mol. The first kappa shape index (κ1) is 22.6. The second-order valence-corrected chi connectivity index (χ2v) is 9.08. The normalized spacial score (nSPS) is 14.6. The van der Waals surface area contributed by atoms with E-state index >= 15 is 0 Å². The van der Waals surface area contributed by atoms with E-state index in [0.717, 1.165) is 54.0 Å². The van der Waals surface area contributed by atoms with Crippen molar-refractivity contribution in [1.82, 2.24) is 15.2 Å². The van der Waals surface area contributed by atoms with Crippen LogP contribution in [0.1, 0.15) is 15.9 Å². The molecule has 7 nitrogen and oxygen atoms in total. The number of hydrogen-bond donors (Lipinski definition) is 1. The van der Waals surface area contributed by atoms with E-state index in [1.165, 1.54) is 4.70 Å². The summed E-state index contributed by atoms with van der Waals surface area (Å²) in [6.45, 7) is 7.07. The number of halogens is 1. The van der Waals surface area contributed by atoms with E-state index in [1.54, 1.807) is 43.8 Å². The average molecular weight is 475 g/mol. The smallest absolute Gasteiger partial charge is 0.255 e. The van der Waals surface area contributed by atoms with E-state index in [4.69, 9.17) is 26.1 Å². The van der Waals surface area contributed by atoms with Crippen molar-refractivity contribution in [1.29, 1.82) is 0 Å². The molecule has 4 rings (SSSR count). The minimum absolute atomic E-state index is 0.147. The molecule has 1 aromatic heterocycles. The predicted octanol–water partition coefficient (Wildman–Crippen LogP) is 3.83. The number of anilines is 1. The number of rotatable bonds is 7. The summed E-state index contributed by atoms with van der Waals surface area (Å²) in [6, 6.07) is 9.18. The first-order chi connectivity index (χ1) is 15.5. The Morgan fingerprint density at radius 1 is 1.16 bits per heavy atom. The van der Waals surface area contributed by atoms with Crippen molar-refractivity contribution in [2.75, 3.05) is 58.4 Å². The van der Waals surface area contributed by atoms with Gasteiger partial charge in [0.1, 0.15) is 11.5 Å². The molecule has 2 heterocycles. The molecule has 0 spiro atoms. The lowest BCUT2D eigenvalue weighted by molar-refractivity contribution is 0.0944. The number of aryl methyl sites for hydroxylation is 1. The third-order valence-electron chi connectivity index (χ3n) is 5.75. The summed E-state index contributed by atoms with van der Waals surface area (Å²) in [6.07, 6.45) is 0. The van der Waals surface area contributed by atoms with Crippen LogP contribution in [0.3, 0.4) is 0 Å². The van der Waals surface area contributed by atoms with Crippen LogP contribution in [0.5, 0.6) is 11.5 Å². The van der Waals surface area contributed by atoms with Crippen LogP contribution in [-0.2, 0) is 0 Å². The summed E-state index contributed by atoms with van der Waals surface area (Å²) < 4.78 is 11.7. The molecule has 2 aromatic carbocycles. The van der Waals surface area contributed by atoms with Gasteiger partial charge in [0.25, 0.3) is 5.91 Å². The van der Waals surface area contributed by atoms with Gasteiger partial charge in [-0.1, -0.05) is 22.9 Å². The third kappa shape index (κ3) is 4.77. The molecule has 0 unspecified atom stereocenters. The molecule has 1 aliphatic rings. The topological polar surface area (TPSA) is 66.9 Å². The Hall–Kier alpha value is -2.55. The van der Waals surface area contributed by atoms with E-state index in [1.807, 2.05) is 19.1 Å². The molecule has 0 aliphatic carbocycles. The Morgan fingerprint density at radius 3 is 2.66 bits per heavy atom. The molecule has 1 fully saturated rings. The SMILES string of the molecule is COc1ccc(C(=O)NCCN2CCN(c3nc4c(C)c(Cl)ccc4s3)CC2)c(OC)c1. The Labute approximate surface area is 196 Å². The molecule has 32 heavy (non-hydrogen) atoms. The van der Waals surface area contributed by atoms with Crippen molar-refractivity contribution in [2.45, 2.75) is 6.92 Å². The second-order valence-electron chi connectivity index (χ2n) is 7.67.